The van der Waals surface area contributed by atoms with Gasteiger partial charge in [0.05, 0.1) is 23.3 Å². The number of H-pyrrole nitrogens is 1. The lowest BCUT2D eigenvalue weighted by molar-refractivity contribution is -0.245. The first-order valence-corrected chi connectivity index (χ1v) is 10.4. The van der Waals surface area contributed by atoms with Crippen LogP contribution in [-0.4, -0.2) is 62.7 Å². The largest absolute Gasteiger partial charge is 0.417 e. The van der Waals surface area contributed by atoms with Crippen LogP contribution in [0.5, 0.6) is 0 Å². The molecule has 1 aliphatic heterocycles. The van der Waals surface area contributed by atoms with Crippen molar-refractivity contribution in [1.82, 2.24) is 4.98 Å². The second-order valence-corrected chi connectivity index (χ2v) is 8.29. The fourth-order valence-electron chi connectivity index (χ4n) is 3.78. The minimum Gasteiger partial charge on any atom is -0.394 e. The topological polar surface area (TPSA) is 135 Å². The Bertz CT molecular complexity index is 1170. The lowest BCUT2D eigenvalue weighted by Crippen LogP contribution is -2.61. The van der Waals surface area contributed by atoms with Crippen molar-refractivity contribution in [3.8, 4) is 10.4 Å². The van der Waals surface area contributed by atoms with Crippen LogP contribution in [0.25, 0.3) is 21.3 Å². The molecule has 6 N–H and O–H groups in total. The minimum atomic E-state index is -4.80. The minimum absolute atomic E-state index is 0.109. The number of alkyl halides is 3. The van der Waals surface area contributed by atoms with Crippen LogP contribution in [0.4, 0.5) is 18.9 Å². The van der Waals surface area contributed by atoms with Gasteiger partial charge in [-0.3, -0.25) is 4.79 Å². The third kappa shape index (κ3) is 4.00. The van der Waals surface area contributed by atoms with Crippen LogP contribution >= 0.6 is 11.3 Å². The number of ether oxygens (including phenoxy) is 1. The van der Waals surface area contributed by atoms with E-state index >= 15 is 0 Å². The maximum absolute atomic E-state index is 13.9. The molecule has 32 heavy (non-hydrogen) atoms. The maximum atomic E-state index is 13.9. The zero-order valence-electron chi connectivity index (χ0n) is 16.2. The van der Waals surface area contributed by atoms with E-state index < -0.39 is 60.1 Å². The van der Waals surface area contributed by atoms with Gasteiger partial charge in [0.15, 0.2) is 6.29 Å². The van der Waals surface area contributed by atoms with Crippen LogP contribution in [0, 0.1) is 0 Å². The predicted octanol–water partition coefficient (Wildman–Crippen LogP) is 1.49. The molecule has 0 spiro atoms. The van der Waals surface area contributed by atoms with E-state index in [-0.39, 0.29) is 21.5 Å². The Hall–Kier alpha value is -2.48. The summed E-state index contributed by atoms with van der Waals surface area (Å²) in [4.78, 5) is 15.2. The van der Waals surface area contributed by atoms with Crippen LogP contribution < -0.4 is 10.9 Å². The van der Waals surface area contributed by atoms with E-state index in [1.165, 1.54) is 24.3 Å². The highest BCUT2D eigenvalue weighted by Crippen LogP contribution is 2.41. The molecule has 3 heterocycles. The Morgan fingerprint density at radius 1 is 1.16 bits per heavy atom. The fraction of sp³-hybridized carbons (Fsp3) is 0.350. The number of aromatic amines is 1. The Morgan fingerprint density at radius 2 is 1.91 bits per heavy atom. The number of hydrogen-bond donors (Lipinski definition) is 6. The monoisotopic (exact) mass is 472 g/mol. The number of fused-ring (bicyclic) bond motifs is 1. The first-order valence-electron chi connectivity index (χ1n) is 9.50. The molecule has 0 radical (unpaired) electrons. The number of anilines is 1. The van der Waals surface area contributed by atoms with Gasteiger partial charge in [-0.1, -0.05) is 12.1 Å². The Balaban J connectivity index is 1.76. The summed E-state index contributed by atoms with van der Waals surface area (Å²) in [7, 11) is 0. The molecule has 172 valence electrons. The van der Waals surface area contributed by atoms with Gasteiger partial charge in [-0.05, 0) is 23.6 Å². The molecule has 5 atom stereocenters. The van der Waals surface area contributed by atoms with Crippen LogP contribution in [0.2, 0.25) is 0 Å². The second kappa shape index (κ2) is 8.46. The van der Waals surface area contributed by atoms with Crippen molar-refractivity contribution in [2.24, 2.45) is 0 Å². The number of halogens is 3. The maximum Gasteiger partial charge on any atom is 0.417 e. The van der Waals surface area contributed by atoms with Crippen LogP contribution in [0.1, 0.15) is 5.56 Å². The zero-order chi connectivity index (χ0) is 23.2. The third-order valence-electron chi connectivity index (χ3n) is 5.30. The Kier molecular flexibility index (Phi) is 6.00. The van der Waals surface area contributed by atoms with Crippen molar-refractivity contribution < 1.29 is 38.3 Å². The van der Waals surface area contributed by atoms with E-state index in [4.69, 9.17) is 9.84 Å². The molecule has 1 saturated heterocycles. The molecular formula is C20H19F3N2O6S. The van der Waals surface area contributed by atoms with E-state index in [0.717, 1.165) is 11.3 Å². The van der Waals surface area contributed by atoms with Crippen molar-refractivity contribution in [1.29, 1.82) is 0 Å². The highest BCUT2D eigenvalue weighted by Gasteiger charge is 2.44. The molecule has 0 aliphatic carbocycles. The molecule has 8 nitrogen and oxygen atoms in total. The normalized spacial score (nSPS) is 26.4. The first-order chi connectivity index (χ1) is 15.1. The molecule has 3 aromatic rings. The molecule has 2 aromatic heterocycles. The number of aliphatic hydroxyl groups excluding tert-OH is 4. The number of hydrogen-bond acceptors (Lipinski definition) is 8. The summed E-state index contributed by atoms with van der Waals surface area (Å²) < 4.78 is 46.9. The van der Waals surface area contributed by atoms with Crippen LogP contribution in [-0.2, 0) is 10.9 Å². The number of nitrogens with one attached hydrogen (secondary N) is 2. The van der Waals surface area contributed by atoms with Crippen molar-refractivity contribution in [3.63, 3.8) is 0 Å². The van der Waals surface area contributed by atoms with Crippen LogP contribution in [0.3, 0.4) is 0 Å². The van der Waals surface area contributed by atoms with E-state index in [0.29, 0.717) is 0 Å². The van der Waals surface area contributed by atoms with Gasteiger partial charge < -0.3 is 35.5 Å². The number of aliphatic hydroxyl groups is 4. The van der Waals surface area contributed by atoms with Crippen molar-refractivity contribution in [2.45, 2.75) is 36.8 Å². The van der Waals surface area contributed by atoms with Crippen molar-refractivity contribution >= 4 is 27.9 Å². The van der Waals surface area contributed by atoms with Gasteiger partial charge in [-0.25, -0.2) is 0 Å². The summed E-state index contributed by atoms with van der Waals surface area (Å²) in [6.45, 7) is -0.633. The summed E-state index contributed by atoms with van der Waals surface area (Å²) in [5.74, 6) is 0. The van der Waals surface area contributed by atoms with E-state index in [9.17, 15) is 33.3 Å². The number of rotatable bonds is 4. The average molecular weight is 472 g/mol. The van der Waals surface area contributed by atoms with Gasteiger partial charge in [0, 0.05) is 16.0 Å². The molecule has 0 bridgehead atoms. The molecular weight excluding hydrogens is 453 g/mol. The highest BCUT2D eigenvalue weighted by molar-refractivity contribution is 7.13. The third-order valence-corrected chi connectivity index (χ3v) is 6.19. The van der Waals surface area contributed by atoms with Crippen molar-refractivity contribution in [3.05, 3.63) is 51.6 Å². The van der Waals surface area contributed by atoms with Gasteiger partial charge in [0.2, 0.25) is 0 Å². The van der Waals surface area contributed by atoms with Crippen molar-refractivity contribution in [2.75, 3.05) is 11.9 Å². The van der Waals surface area contributed by atoms with E-state index in [1.807, 2.05) is 0 Å². The van der Waals surface area contributed by atoms with E-state index in [2.05, 4.69) is 10.3 Å². The molecule has 1 aromatic carbocycles. The molecule has 1 aliphatic rings. The summed E-state index contributed by atoms with van der Waals surface area (Å²) in [6, 6.07) is 5.43. The van der Waals surface area contributed by atoms with Crippen LogP contribution in [0.15, 0.2) is 40.5 Å². The fourth-order valence-corrected chi connectivity index (χ4v) is 4.56. The van der Waals surface area contributed by atoms with Gasteiger partial charge in [0.1, 0.15) is 24.4 Å². The lowest BCUT2D eigenvalue weighted by Gasteiger charge is -2.40. The highest BCUT2D eigenvalue weighted by atomic mass is 32.1. The lowest BCUT2D eigenvalue weighted by atomic mass is 9.96. The molecule has 4 rings (SSSR count). The van der Waals surface area contributed by atoms with Gasteiger partial charge >= 0.3 is 6.18 Å². The molecule has 0 saturated carbocycles. The van der Waals surface area contributed by atoms with Gasteiger partial charge in [0.25, 0.3) is 5.56 Å². The smallest absolute Gasteiger partial charge is 0.394 e. The summed E-state index contributed by atoms with van der Waals surface area (Å²) in [6.07, 6.45) is -10.7. The predicted molar refractivity (Wildman–Crippen MR) is 110 cm³/mol. The number of aromatic nitrogens is 1. The number of pyridine rings is 1. The molecule has 4 unspecified atom stereocenters. The van der Waals surface area contributed by atoms with Gasteiger partial charge in [-0.2, -0.15) is 13.2 Å². The number of benzene rings is 1. The molecule has 1 fully saturated rings. The summed E-state index contributed by atoms with van der Waals surface area (Å²) >= 11 is 1.01. The Morgan fingerprint density at radius 3 is 2.53 bits per heavy atom. The standard InChI is InChI=1S/C20H19F3N2O6S/c21-20(22,23)14-9-4-3-8(24-15-17(28)16(27)11(7-26)31-19(15)30)6-10(9)25-18(29)13(14)12-2-1-5-32-12/h1-6,11,15-17,19,24,26-28,30H,7H2,(H,25,29)/t11?,15?,16-,17?,19?/m1/s1. The molecule has 0 amide bonds. The van der Waals surface area contributed by atoms with E-state index in [1.54, 1.807) is 11.4 Å². The quantitative estimate of drug-likeness (QED) is 0.339. The Labute approximate surface area is 182 Å². The average Bonchev–Trinajstić information content (AvgIpc) is 3.26. The SMILES string of the molecule is O=c1[nH]c2cc(NC3C(O)OC(CO)[C@@H](O)C3O)ccc2c(C(F)(F)F)c1-c1cccs1. The summed E-state index contributed by atoms with van der Waals surface area (Å²) in [5, 5.41) is 43.5. The van der Waals surface area contributed by atoms with Gasteiger partial charge in [-0.15, -0.1) is 11.3 Å². The zero-order valence-corrected chi connectivity index (χ0v) is 17.0. The summed E-state index contributed by atoms with van der Waals surface area (Å²) in [5.41, 5.74) is -2.39. The first kappa shape index (κ1) is 22.7. The number of thiophene rings is 1. The second-order valence-electron chi connectivity index (χ2n) is 7.34. The molecule has 12 heteroatoms.